The summed E-state index contributed by atoms with van der Waals surface area (Å²) < 4.78 is 38.7. The van der Waals surface area contributed by atoms with Crippen LogP contribution < -0.4 is 10.6 Å². The van der Waals surface area contributed by atoms with E-state index in [-0.39, 0.29) is 11.6 Å². The van der Waals surface area contributed by atoms with Gasteiger partial charge in [0.15, 0.2) is 0 Å². The highest BCUT2D eigenvalue weighted by molar-refractivity contribution is 5.60. The third-order valence-electron chi connectivity index (χ3n) is 2.80. The molecule has 1 aromatic heterocycles. The van der Waals surface area contributed by atoms with E-state index in [1.165, 1.54) is 0 Å². The molecule has 3 nitrogen and oxygen atoms in total. The molecular weight excluding hydrogens is 279 g/mol. The van der Waals surface area contributed by atoms with Crippen molar-refractivity contribution in [2.24, 2.45) is 0 Å². The Labute approximate surface area is 121 Å². The van der Waals surface area contributed by atoms with Crippen molar-refractivity contribution in [3.8, 4) is 0 Å². The number of halogens is 3. The predicted molar refractivity (Wildman–Crippen MR) is 77.9 cm³/mol. The first-order chi connectivity index (χ1) is 9.88. The van der Waals surface area contributed by atoms with Gasteiger partial charge in [0.05, 0.1) is 5.56 Å². The van der Waals surface area contributed by atoms with Gasteiger partial charge in [-0.05, 0) is 43.7 Å². The van der Waals surface area contributed by atoms with Gasteiger partial charge in [0.2, 0.25) is 0 Å². The SMILES string of the molecule is CCNc1cc(C(F)(F)F)cc(Nc2cccc(C)c2)n1. The van der Waals surface area contributed by atoms with Crippen molar-refractivity contribution in [1.29, 1.82) is 0 Å². The first kappa shape index (κ1) is 15.2. The van der Waals surface area contributed by atoms with Crippen molar-refractivity contribution < 1.29 is 13.2 Å². The van der Waals surface area contributed by atoms with Gasteiger partial charge in [-0.2, -0.15) is 13.2 Å². The Morgan fingerprint density at radius 1 is 1.10 bits per heavy atom. The monoisotopic (exact) mass is 295 g/mol. The maximum atomic E-state index is 12.9. The number of aryl methyl sites for hydroxylation is 1. The van der Waals surface area contributed by atoms with Crippen LogP contribution in [-0.2, 0) is 6.18 Å². The van der Waals surface area contributed by atoms with Crippen molar-refractivity contribution in [2.45, 2.75) is 20.0 Å². The van der Waals surface area contributed by atoms with Crippen LogP contribution >= 0.6 is 0 Å². The molecule has 112 valence electrons. The van der Waals surface area contributed by atoms with Gasteiger partial charge in [-0.15, -0.1) is 0 Å². The molecule has 0 saturated heterocycles. The molecule has 0 saturated carbocycles. The number of benzene rings is 1. The summed E-state index contributed by atoms with van der Waals surface area (Å²) in [6.45, 7) is 4.21. The van der Waals surface area contributed by atoms with Crippen LogP contribution in [0.3, 0.4) is 0 Å². The number of anilines is 3. The molecule has 0 aliphatic heterocycles. The standard InChI is InChI=1S/C15H16F3N3/c1-3-19-13-8-11(15(16,17)18)9-14(21-13)20-12-6-4-5-10(2)7-12/h4-9H,3H2,1-2H3,(H2,19,20,21). The zero-order valence-corrected chi connectivity index (χ0v) is 11.8. The molecule has 1 aromatic carbocycles. The smallest absolute Gasteiger partial charge is 0.370 e. The molecule has 0 fully saturated rings. The van der Waals surface area contributed by atoms with Gasteiger partial charge in [-0.25, -0.2) is 4.98 Å². The Morgan fingerprint density at radius 2 is 1.81 bits per heavy atom. The van der Waals surface area contributed by atoms with Crippen molar-refractivity contribution >= 4 is 17.3 Å². The van der Waals surface area contributed by atoms with Crippen LogP contribution in [-0.4, -0.2) is 11.5 Å². The lowest BCUT2D eigenvalue weighted by Gasteiger charge is -2.13. The van der Waals surface area contributed by atoms with E-state index in [2.05, 4.69) is 15.6 Å². The van der Waals surface area contributed by atoms with Crippen LogP contribution in [0.2, 0.25) is 0 Å². The zero-order chi connectivity index (χ0) is 15.5. The van der Waals surface area contributed by atoms with Crippen LogP contribution in [0.4, 0.5) is 30.5 Å². The van der Waals surface area contributed by atoms with Gasteiger partial charge < -0.3 is 10.6 Å². The highest BCUT2D eigenvalue weighted by atomic mass is 19.4. The number of rotatable bonds is 4. The lowest BCUT2D eigenvalue weighted by Crippen LogP contribution is -2.09. The molecule has 2 aromatic rings. The van der Waals surface area contributed by atoms with E-state index in [9.17, 15) is 13.2 Å². The Hall–Kier alpha value is -2.24. The second kappa shape index (κ2) is 6.03. The van der Waals surface area contributed by atoms with Crippen molar-refractivity contribution in [2.75, 3.05) is 17.2 Å². The molecule has 0 spiro atoms. The van der Waals surface area contributed by atoms with Crippen LogP contribution in [0.5, 0.6) is 0 Å². The fraction of sp³-hybridized carbons (Fsp3) is 0.267. The molecule has 21 heavy (non-hydrogen) atoms. The summed E-state index contributed by atoms with van der Waals surface area (Å²) in [4.78, 5) is 4.14. The molecule has 0 bridgehead atoms. The summed E-state index contributed by atoms with van der Waals surface area (Å²) in [6.07, 6.45) is -4.41. The number of hydrogen-bond donors (Lipinski definition) is 2. The van der Waals surface area contributed by atoms with Gasteiger partial charge in [0, 0.05) is 12.2 Å². The largest absolute Gasteiger partial charge is 0.416 e. The maximum Gasteiger partial charge on any atom is 0.416 e. The van der Waals surface area contributed by atoms with Crippen LogP contribution in [0.1, 0.15) is 18.1 Å². The summed E-state index contributed by atoms with van der Waals surface area (Å²) in [7, 11) is 0. The molecule has 0 atom stereocenters. The molecule has 6 heteroatoms. The molecule has 2 N–H and O–H groups in total. The van der Waals surface area contributed by atoms with E-state index in [0.717, 1.165) is 17.7 Å². The van der Waals surface area contributed by atoms with Gasteiger partial charge in [-0.1, -0.05) is 12.1 Å². The number of pyridine rings is 1. The highest BCUT2D eigenvalue weighted by Gasteiger charge is 2.31. The average molecular weight is 295 g/mol. The molecule has 0 radical (unpaired) electrons. The minimum Gasteiger partial charge on any atom is -0.370 e. The van der Waals surface area contributed by atoms with Crippen molar-refractivity contribution in [1.82, 2.24) is 4.98 Å². The highest BCUT2D eigenvalue weighted by Crippen LogP contribution is 2.32. The van der Waals surface area contributed by atoms with Gasteiger partial charge in [0.1, 0.15) is 11.6 Å². The Balaban J connectivity index is 2.35. The van der Waals surface area contributed by atoms with E-state index >= 15 is 0 Å². The predicted octanol–water partition coefficient (Wildman–Crippen LogP) is 4.58. The first-order valence-corrected chi connectivity index (χ1v) is 6.55. The number of aromatic nitrogens is 1. The number of hydrogen-bond acceptors (Lipinski definition) is 3. The number of nitrogens with one attached hydrogen (secondary N) is 2. The third-order valence-corrected chi connectivity index (χ3v) is 2.80. The lowest BCUT2D eigenvalue weighted by atomic mass is 10.2. The molecule has 0 amide bonds. The molecule has 2 rings (SSSR count). The normalized spacial score (nSPS) is 11.3. The Morgan fingerprint density at radius 3 is 2.43 bits per heavy atom. The molecular formula is C15H16F3N3. The van der Waals surface area contributed by atoms with E-state index in [0.29, 0.717) is 12.2 Å². The fourth-order valence-corrected chi connectivity index (χ4v) is 1.90. The van der Waals surface area contributed by atoms with E-state index in [4.69, 9.17) is 0 Å². The summed E-state index contributed by atoms with van der Waals surface area (Å²) >= 11 is 0. The average Bonchev–Trinajstić information content (AvgIpc) is 2.37. The van der Waals surface area contributed by atoms with E-state index in [1.54, 1.807) is 13.0 Å². The molecule has 0 unspecified atom stereocenters. The Bertz CT molecular complexity index is 624. The molecule has 0 aliphatic rings. The van der Waals surface area contributed by atoms with Gasteiger partial charge >= 0.3 is 6.18 Å². The zero-order valence-electron chi connectivity index (χ0n) is 11.8. The first-order valence-electron chi connectivity index (χ1n) is 6.55. The van der Waals surface area contributed by atoms with Gasteiger partial charge in [-0.3, -0.25) is 0 Å². The lowest BCUT2D eigenvalue weighted by molar-refractivity contribution is -0.137. The summed E-state index contributed by atoms with van der Waals surface area (Å²) in [5.74, 6) is 0.355. The molecule has 0 aliphatic carbocycles. The van der Waals surface area contributed by atoms with Crippen LogP contribution in [0.15, 0.2) is 36.4 Å². The van der Waals surface area contributed by atoms with Crippen molar-refractivity contribution in [3.63, 3.8) is 0 Å². The maximum absolute atomic E-state index is 12.9. The van der Waals surface area contributed by atoms with Gasteiger partial charge in [0.25, 0.3) is 0 Å². The molecule has 1 heterocycles. The second-order valence-corrected chi connectivity index (χ2v) is 4.65. The third kappa shape index (κ3) is 4.11. The number of alkyl halides is 3. The van der Waals surface area contributed by atoms with E-state index < -0.39 is 11.7 Å². The summed E-state index contributed by atoms with van der Waals surface area (Å²) in [5.41, 5.74) is 0.978. The summed E-state index contributed by atoms with van der Waals surface area (Å²) in [6, 6.07) is 9.37. The topological polar surface area (TPSA) is 37.0 Å². The summed E-state index contributed by atoms with van der Waals surface area (Å²) in [5, 5.41) is 5.71. The Kier molecular flexibility index (Phi) is 4.35. The minimum absolute atomic E-state index is 0.159. The number of nitrogens with zero attached hydrogens (tertiary/aromatic N) is 1. The quantitative estimate of drug-likeness (QED) is 0.866. The minimum atomic E-state index is -4.41. The van der Waals surface area contributed by atoms with Crippen molar-refractivity contribution in [3.05, 3.63) is 47.5 Å². The van der Waals surface area contributed by atoms with Crippen LogP contribution in [0, 0.1) is 6.92 Å². The fourth-order valence-electron chi connectivity index (χ4n) is 1.90. The van der Waals surface area contributed by atoms with E-state index in [1.807, 2.05) is 25.1 Å². The second-order valence-electron chi connectivity index (χ2n) is 4.65. The van der Waals surface area contributed by atoms with Crippen LogP contribution in [0.25, 0.3) is 0 Å².